The van der Waals surface area contributed by atoms with Crippen LogP contribution >= 0.6 is 0 Å². The summed E-state index contributed by atoms with van der Waals surface area (Å²) in [5, 5.41) is 18.5. The van der Waals surface area contributed by atoms with Crippen LogP contribution in [-0.2, 0) is 6.54 Å². The highest BCUT2D eigenvalue weighted by Crippen LogP contribution is 2.17. The first-order chi connectivity index (χ1) is 11.3. The first-order valence-corrected chi connectivity index (χ1v) is 7.31. The first-order valence-electron chi connectivity index (χ1n) is 7.31. The summed E-state index contributed by atoms with van der Waals surface area (Å²) in [6.07, 6.45) is 0. The number of nitrogens with one attached hydrogen (secondary N) is 1. The molecule has 114 valence electrons. The molecule has 0 amide bonds. The van der Waals surface area contributed by atoms with Gasteiger partial charge in [-0.05, 0) is 40.6 Å². The highest BCUT2D eigenvalue weighted by Gasteiger charge is 2.08. The van der Waals surface area contributed by atoms with Crippen LogP contribution < -0.4 is 16.6 Å². The summed E-state index contributed by atoms with van der Waals surface area (Å²) in [5.74, 6) is 5.32. The molecule has 0 bridgehead atoms. The van der Waals surface area contributed by atoms with Crippen molar-refractivity contribution in [1.82, 2.24) is 0 Å². The maximum Gasteiger partial charge on any atom is 0.350 e. The Morgan fingerprint density at radius 1 is 0.957 bits per heavy atom. The normalized spacial score (nSPS) is 11.0. The van der Waals surface area contributed by atoms with Crippen molar-refractivity contribution in [3.05, 3.63) is 77.9 Å². The minimum atomic E-state index is 0.293. The summed E-state index contributed by atoms with van der Waals surface area (Å²) in [5.41, 5.74) is 2.96. The standard InChI is InChI=1S/C18H17N5/c19-18(22-23-20)16-6-3-7-17(11-16)21-12-13-8-9-14-4-1-2-5-15(14)10-13/h1-11,21H,12H2,(H3,19,20,22)/p+1. The third kappa shape index (κ3) is 3.52. The SMILES string of the molecule is NN=NC(=[NH2+])c1cccc(NCc2ccc3ccccc3c2)c1. The topological polar surface area (TPSA) is 88.4 Å². The highest BCUT2D eigenvalue weighted by atomic mass is 15.3. The van der Waals surface area contributed by atoms with E-state index >= 15 is 0 Å². The lowest BCUT2D eigenvalue weighted by Crippen LogP contribution is -2.38. The van der Waals surface area contributed by atoms with E-state index in [1.165, 1.54) is 16.3 Å². The molecule has 0 atom stereocenters. The van der Waals surface area contributed by atoms with Gasteiger partial charge in [0, 0.05) is 17.5 Å². The molecule has 0 aliphatic heterocycles. The van der Waals surface area contributed by atoms with E-state index in [1.807, 2.05) is 36.4 Å². The van der Waals surface area contributed by atoms with Crippen molar-refractivity contribution in [3.63, 3.8) is 0 Å². The van der Waals surface area contributed by atoms with E-state index in [9.17, 15) is 0 Å². The predicted molar refractivity (Wildman–Crippen MR) is 92.8 cm³/mol. The van der Waals surface area contributed by atoms with E-state index in [1.54, 1.807) is 0 Å². The lowest BCUT2D eigenvalue weighted by Gasteiger charge is -2.08. The zero-order chi connectivity index (χ0) is 16.1. The molecule has 0 heterocycles. The second kappa shape index (κ2) is 6.70. The van der Waals surface area contributed by atoms with Gasteiger partial charge in [0.05, 0.1) is 10.7 Å². The Morgan fingerprint density at radius 3 is 2.61 bits per heavy atom. The van der Waals surface area contributed by atoms with E-state index in [0.717, 1.165) is 17.8 Å². The third-order valence-corrected chi connectivity index (χ3v) is 3.63. The molecule has 5 nitrogen and oxygen atoms in total. The van der Waals surface area contributed by atoms with Crippen LogP contribution in [0.4, 0.5) is 5.69 Å². The van der Waals surface area contributed by atoms with Crippen molar-refractivity contribution >= 4 is 22.3 Å². The number of benzene rings is 3. The van der Waals surface area contributed by atoms with Gasteiger partial charge in [0.25, 0.3) is 0 Å². The maximum absolute atomic E-state index is 5.79. The van der Waals surface area contributed by atoms with Crippen molar-refractivity contribution in [3.8, 4) is 0 Å². The zero-order valence-electron chi connectivity index (χ0n) is 12.6. The number of amidine groups is 1. The number of hydrogen-bond donors (Lipinski definition) is 3. The van der Waals surface area contributed by atoms with Gasteiger partial charge in [0.15, 0.2) is 0 Å². The van der Waals surface area contributed by atoms with Crippen molar-refractivity contribution < 1.29 is 5.41 Å². The fourth-order valence-electron chi connectivity index (χ4n) is 2.46. The van der Waals surface area contributed by atoms with Crippen LogP contribution in [-0.4, -0.2) is 5.84 Å². The molecule has 0 aliphatic carbocycles. The van der Waals surface area contributed by atoms with Crippen LogP contribution in [0.1, 0.15) is 11.1 Å². The molecular formula is C18H18N5+. The molecule has 3 aromatic carbocycles. The van der Waals surface area contributed by atoms with E-state index in [2.05, 4.69) is 46.0 Å². The highest BCUT2D eigenvalue weighted by molar-refractivity contribution is 5.95. The Kier molecular flexibility index (Phi) is 4.29. The Morgan fingerprint density at radius 2 is 1.78 bits per heavy atom. The second-order valence-corrected chi connectivity index (χ2v) is 5.22. The maximum atomic E-state index is 5.79. The molecule has 23 heavy (non-hydrogen) atoms. The third-order valence-electron chi connectivity index (χ3n) is 3.63. The number of fused-ring (bicyclic) bond motifs is 1. The van der Waals surface area contributed by atoms with E-state index in [0.29, 0.717) is 5.84 Å². The van der Waals surface area contributed by atoms with Gasteiger partial charge in [0.1, 0.15) is 0 Å². The van der Waals surface area contributed by atoms with Gasteiger partial charge in [-0.2, -0.15) is 0 Å². The molecule has 0 aromatic heterocycles. The van der Waals surface area contributed by atoms with Gasteiger partial charge in [-0.25, -0.2) is 0 Å². The van der Waals surface area contributed by atoms with Crippen LogP contribution in [0.3, 0.4) is 0 Å². The van der Waals surface area contributed by atoms with Crippen LogP contribution in [0.25, 0.3) is 10.8 Å². The molecule has 3 aromatic rings. The van der Waals surface area contributed by atoms with E-state index < -0.39 is 0 Å². The fourth-order valence-corrected chi connectivity index (χ4v) is 2.46. The van der Waals surface area contributed by atoms with Crippen molar-refractivity contribution in [2.75, 3.05) is 5.32 Å². The van der Waals surface area contributed by atoms with Gasteiger partial charge in [-0.3, -0.25) is 11.3 Å². The summed E-state index contributed by atoms with van der Waals surface area (Å²) in [4.78, 5) is 0. The molecule has 0 saturated heterocycles. The van der Waals surface area contributed by atoms with Crippen LogP contribution in [0.2, 0.25) is 0 Å². The molecule has 0 saturated carbocycles. The number of hydrogen-bond acceptors (Lipinski definition) is 2. The Hall–Kier alpha value is -3.21. The molecule has 0 spiro atoms. The monoisotopic (exact) mass is 304 g/mol. The zero-order valence-corrected chi connectivity index (χ0v) is 12.6. The van der Waals surface area contributed by atoms with Gasteiger partial charge in [0.2, 0.25) is 0 Å². The molecule has 5 N–H and O–H groups in total. The van der Waals surface area contributed by atoms with Gasteiger partial charge in [-0.1, -0.05) is 42.5 Å². The smallest absolute Gasteiger partial charge is 0.350 e. The number of nitrogens with two attached hydrogens (primary N) is 2. The van der Waals surface area contributed by atoms with Crippen LogP contribution in [0, 0.1) is 0 Å². The Labute approximate surface area is 134 Å². The number of nitrogens with zero attached hydrogens (tertiary/aromatic N) is 2. The molecular weight excluding hydrogens is 286 g/mol. The minimum Gasteiger partial charge on any atom is -0.381 e. The number of rotatable bonds is 4. The minimum absolute atomic E-state index is 0.293. The van der Waals surface area contributed by atoms with Gasteiger partial charge < -0.3 is 5.32 Å². The lowest BCUT2D eigenvalue weighted by molar-refractivity contribution is -0.114. The average molecular weight is 304 g/mol. The Bertz CT molecular complexity index is 870. The molecule has 0 aliphatic rings. The quantitative estimate of drug-likeness (QED) is 0.227. The average Bonchev–Trinajstić information content (AvgIpc) is 2.60. The van der Waals surface area contributed by atoms with Crippen molar-refractivity contribution in [1.29, 1.82) is 0 Å². The predicted octanol–water partition coefficient (Wildman–Crippen LogP) is 2.28. The number of anilines is 1. The van der Waals surface area contributed by atoms with Gasteiger partial charge >= 0.3 is 5.84 Å². The second-order valence-electron chi connectivity index (χ2n) is 5.22. The molecule has 0 fully saturated rings. The Balaban J connectivity index is 1.74. The van der Waals surface area contributed by atoms with Crippen molar-refractivity contribution in [2.45, 2.75) is 6.54 Å². The molecule has 5 heteroatoms. The summed E-state index contributed by atoms with van der Waals surface area (Å²) in [6, 6.07) is 22.5. The summed E-state index contributed by atoms with van der Waals surface area (Å²) < 4.78 is 0. The first kappa shape index (κ1) is 14.7. The van der Waals surface area contributed by atoms with E-state index in [-0.39, 0.29) is 0 Å². The van der Waals surface area contributed by atoms with E-state index in [4.69, 9.17) is 11.3 Å². The molecule has 3 rings (SSSR count). The van der Waals surface area contributed by atoms with Crippen LogP contribution in [0.5, 0.6) is 0 Å². The van der Waals surface area contributed by atoms with Gasteiger partial charge in [-0.15, -0.1) is 0 Å². The molecule has 0 unspecified atom stereocenters. The van der Waals surface area contributed by atoms with Crippen molar-refractivity contribution in [2.24, 2.45) is 16.2 Å². The molecule has 0 radical (unpaired) electrons. The van der Waals surface area contributed by atoms with Crippen LogP contribution in [0.15, 0.2) is 77.1 Å². The summed E-state index contributed by atoms with van der Waals surface area (Å²) >= 11 is 0. The largest absolute Gasteiger partial charge is 0.381 e. The summed E-state index contributed by atoms with van der Waals surface area (Å²) in [7, 11) is 0. The summed E-state index contributed by atoms with van der Waals surface area (Å²) in [6.45, 7) is 0.729. The lowest BCUT2D eigenvalue weighted by atomic mass is 10.1. The fraction of sp³-hybridized carbons (Fsp3) is 0.0556.